The number of carbonyl (C=O) groups is 2. The van der Waals surface area contributed by atoms with Gasteiger partial charge in [0.05, 0.1) is 30.9 Å². The first-order valence-electron chi connectivity index (χ1n) is 9.68. The standard InChI is InChI=1S/C24H25N3O3/c1-17-15-27(16-25-17)22-11-9-20(14-23(22)30-3)10-12-24(29)26-21(18(2)28)13-19-7-5-4-6-8-19/h4-12,14-16,21H,13H2,1-3H3,(H,26,29)/b12-10+. The minimum Gasteiger partial charge on any atom is -0.495 e. The number of ketones is 1. The largest absolute Gasteiger partial charge is 0.495 e. The molecule has 6 nitrogen and oxygen atoms in total. The summed E-state index contributed by atoms with van der Waals surface area (Å²) in [5, 5.41) is 2.78. The van der Waals surface area contributed by atoms with Crippen LogP contribution in [-0.2, 0) is 16.0 Å². The summed E-state index contributed by atoms with van der Waals surface area (Å²) in [5.74, 6) is 0.266. The van der Waals surface area contributed by atoms with Crippen molar-refractivity contribution in [2.24, 2.45) is 0 Å². The number of nitrogens with zero attached hydrogens (tertiary/aromatic N) is 2. The first-order chi connectivity index (χ1) is 14.5. The van der Waals surface area contributed by atoms with Crippen LogP contribution in [0.15, 0.2) is 67.1 Å². The summed E-state index contributed by atoms with van der Waals surface area (Å²) >= 11 is 0. The predicted octanol–water partition coefficient (Wildman–Crippen LogP) is 3.52. The molecule has 0 spiro atoms. The van der Waals surface area contributed by atoms with Crippen LogP contribution in [0.25, 0.3) is 11.8 Å². The monoisotopic (exact) mass is 403 g/mol. The van der Waals surface area contributed by atoms with Crippen molar-refractivity contribution in [2.45, 2.75) is 26.3 Å². The van der Waals surface area contributed by atoms with Gasteiger partial charge >= 0.3 is 0 Å². The zero-order valence-electron chi connectivity index (χ0n) is 17.3. The van der Waals surface area contributed by atoms with Gasteiger partial charge in [0.2, 0.25) is 5.91 Å². The number of nitrogens with one attached hydrogen (secondary N) is 1. The van der Waals surface area contributed by atoms with E-state index in [1.807, 2.05) is 66.2 Å². The Labute approximate surface area is 176 Å². The molecule has 0 saturated heterocycles. The molecular weight excluding hydrogens is 378 g/mol. The average Bonchev–Trinajstić information content (AvgIpc) is 3.18. The topological polar surface area (TPSA) is 73.2 Å². The van der Waals surface area contributed by atoms with E-state index in [2.05, 4.69) is 10.3 Å². The Bertz CT molecular complexity index is 1050. The highest BCUT2D eigenvalue weighted by Gasteiger charge is 2.16. The van der Waals surface area contributed by atoms with E-state index in [1.54, 1.807) is 19.5 Å². The van der Waals surface area contributed by atoms with E-state index in [4.69, 9.17) is 4.74 Å². The molecule has 0 fully saturated rings. The SMILES string of the molecule is COc1cc(/C=C/C(=O)NC(Cc2ccccc2)C(C)=O)ccc1-n1cnc(C)c1. The lowest BCUT2D eigenvalue weighted by Crippen LogP contribution is -2.40. The molecule has 1 heterocycles. The molecule has 0 bridgehead atoms. The van der Waals surface area contributed by atoms with E-state index >= 15 is 0 Å². The summed E-state index contributed by atoms with van der Waals surface area (Å²) in [4.78, 5) is 28.6. The summed E-state index contributed by atoms with van der Waals surface area (Å²) in [7, 11) is 1.60. The maximum atomic E-state index is 12.4. The first kappa shape index (κ1) is 21.0. The van der Waals surface area contributed by atoms with Crippen LogP contribution in [0.4, 0.5) is 0 Å². The molecule has 1 unspecified atom stereocenters. The van der Waals surface area contributed by atoms with Gasteiger partial charge in [0.25, 0.3) is 0 Å². The first-order valence-corrected chi connectivity index (χ1v) is 9.68. The molecule has 0 radical (unpaired) electrons. The smallest absolute Gasteiger partial charge is 0.244 e. The number of hydrogen-bond acceptors (Lipinski definition) is 4. The van der Waals surface area contributed by atoms with Gasteiger partial charge in [-0.25, -0.2) is 4.98 Å². The van der Waals surface area contributed by atoms with E-state index in [0.717, 1.165) is 22.5 Å². The van der Waals surface area contributed by atoms with Crippen LogP contribution >= 0.6 is 0 Å². The highest BCUT2D eigenvalue weighted by Crippen LogP contribution is 2.25. The Kier molecular flexibility index (Phi) is 6.80. The quantitative estimate of drug-likeness (QED) is 0.584. The van der Waals surface area contributed by atoms with Crippen LogP contribution < -0.4 is 10.1 Å². The number of imidazole rings is 1. The molecule has 0 aliphatic rings. The summed E-state index contributed by atoms with van der Waals surface area (Å²) < 4.78 is 7.38. The van der Waals surface area contributed by atoms with E-state index in [-0.39, 0.29) is 11.7 Å². The van der Waals surface area contributed by atoms with E-state index in [9.17, 15) is 9.59 Å². The van der Waals surface area contributed by atoms with Crippen molar-refractivity contribution in [3.63, 3.8) is 0 Å². The van der Waals surface area contributed by atoms with E-state index in [1.165, 1.54) is 13.0 Å². The number of aromatic nitrogens is 2. The molecule has 0 aliphatic heterocycles. The van der Waals surface area contributed by atoms with Gasteiger partial charge in [0, 0.05) is 12.3 Å². The summed E-state index contributed by atoms with van der Waals surface area (Å²) in [5.41, 5.74) is 3.58. The maximum Gasteiger partial charge on any atom is 0.244 e. The van der Waals surface area contributed by atoms with Gasteiger partial charge in [-0.2, -0.15) is 0 Å². The average molecular weight is 403 g/mol. The molecule has 2 aromatic carbocycles. The van der Waals surface area contributed by atoms with E-state index < -0.39 is 6.04 Å². The lowest BCUT2D eigenvalue weighted by molar-refractivity contribution is -0.124. The Morgan fingerprint density at radius 1 is 1.20 bits per heavy atom. The molecule has 30 heavy (non-hydrogen) atoms. The number of benzene rings is 2. The van der Waals surface area contributed by atoms with Crippen molar-refractivity contribution in [2.75, 3.05) is 7.11 Å². The van der Waals surface area contributed by atoms with Crippen LogP contribution in [0.2, 0.25) is 0 Å². The highest BCUT2D eigenvalue weighted by molar-refractivity contribution is 5.95. The van der Waals surface area contributed by atoms with Gasteiger partial charge in [-0.15, -0.1) is 0 Å². The third kappa shape index (κ3) is 5.44. The number of Topliss-reactive ketones (excluding diaryl/α,β-unsaturated/α-hetero) is 1. The van der Waals surface area contributed by atoms with Crippen LogP contribution in [0.1, 0.15) is 23.7 Å². The van der Waals surface area contributed by atoms with Crippen molar-refractivity contribution in [1.29, 1.82) is 0 Å². The van der Waals surface area contributed by atoms with Crippen molar-refractivity contribution in [1.82, 2.24) is 14.9 Å². The molecule has 0 aliphatic carbocycles. The van der Waals surface area contributed by atoms with Gasteiger partial charge < -0.3 is 14.6 Å². The Morgan fingerprint density at radius 3 is 2.60 bits per heavy atom. The minimum absolute atomic E-state index is 0.0812. The van der Waals surface area contributed by atoms with Crippen LogP contribution in [0.3, 0.4) is 0 Å². The summed E-state index contributed by atoms with van der Waals surface area (Å²) in [6.45, 7) is 3.41. The van der Waals surface area contributed by atoms with Gasteiger partial charge in [-0.05, 0) is 49.6 Å². The third-order valence-corrected chi connectivity index (χ3v) is 4.71. The Hall–Kier alpha value is -3.67. The number of ether oxygens (including phenoxy) is 1. The number of aryl methyl sites for hydroxylation is 1. The number of hydrogen-bond donors (Lipinski definition) is 1. The predicted molar refractivity (Wildman–Crippen MR) is 117 cm³/mol. The van der Waals surface area contributed by atoms with Gasteiger partial charge in [-0.3, -0.25) is 9.59 Å². The van der Waals surface area contributed by atoms with Crippen molar-refractivity contribution in [3.05, 3.63) is 84.0 Å². The molecule has 6 heteroatoms. The summed E-state index contributed by atoms with van der Waals surface area (Å²) in [6.07, 6.45) is 7.22. The molecular formula is C24H25N3O3. The number of rotatable bonds is 8. The Morgan fingerprint density at radius 2 is 1.97 bits per heavy atom. The van der Waals surface area contributed by atoms with E-state index in [0.29, 0.717) is 12.2 Å². The molecule has 1 aromatic heterocycles. The summed E-state index contributed by atoms with van der Waals surface area (Å²) in [6, 6.07) is 14.7. The van der Waals surface area contributed by atoms with Gasteiger partial charge in [0.1, 0.15) is 5.75 Å². The second kappa shape index (κ2) is 9.69. The number of amides is 1. The second-order valence-corrected chi connectivity index (χ2v) is 7.05. The lowest BCUT2D eigenvalue weighted by atomic mass is 10.0. The maximum absolute atomic E-state index is 12.4. The number of carbonyl (C=O) groups excluding carboxylic acids is 2. The Balaban J connectivity index is 1.69. The highest BCUT2D eigenvalue weighted by atomic mass is 16.5. The van der Waals surface area contributed by atoms with Crippen molar-refractivity contribution in [3.8, 4) is 11.4 Å². The van der Waals surface area contributed by atoms with Crippen LogP contribution in [-0.4, -0.2) is 34.4 Å². The normalized spacial score (nSPS) is 12.0. The minimum atomic E-state index is -0.564. The molecule has 1 atom stereocenters. The van der Waals surface area contributed by atoms with Crippen LogP contribution in [0, 0.1) is 6.92 Å². The lowest BCUT2D eigenvalue weighted by Gasteiger charge is -2.15. The van der Waals surface area contributed by atoms with Gasteiger partial charge in [0.15, 0.2) is 5.78 Å². The molecule has 1 amide bonds. The fourth-order valence-electron chi connectivity index (χ4n) is 3.10. The fourth-order valence-corrected chi connectivity index (χ4v) is 3.10. The third-order valence-electron chi connectivity index (χ3n) is 4.71. The molecule has 1 N–H and O–H groups in total. The van der Waals surface area contributed by atoms with Crippen molar-refractivity contribution >= 4 is 17.8 Å². The molecule has 3 aromatic rings. The molecule has 154 valence electrons. The second-order valence-electron chi connectivity index (χ2n) is 7.05. The molecule has 0 saturated carbocycles. The van der Waals surface area contributed by atoms with Crippen molar-refractivity contribution < 1.29 is 14.3 Å². The number of methoxy groups -OCH3 is 1. The zero-order valence-corrected chi connectivity index (χ0v) is 17.3. The molecule has 3 rings (SSSR count). The fraction of sp³-hybridized carbons (Fsp3) is 0.208. The zero-order chi connectivity index (χ0) is 21.5. The van der Waals surface area contributed by atoms with Crippen LogP contribution in [0.5, 0.6) is 5.75 Å². The van der Waals surface area contributed by atoms with Gasteiger partial charge in [-0.1, -0.05) is 36.4 Å².